The lowest BCUT2D eigenvalue weighted by atomic mass is 9.89. The minimum Gasteiger partial charge on any atom is -0.444 e. The highest BCUT2D eigenvalue weighted by molar-refractivity contribution is 7.86. The number of carbonyl (C=O) groups excluding carboxylic acids is 2. The summed E-state index contributed by atoms with van der Waals surface area (Å²) < 4.78 is 55.6. The molecule has 0 saturated heterocycles. The first-order valence-electron chi connectivity index (χ1n) is 14.2. The molecule has 0 aromatic heterocycles. The first-order chi connectivity index (χ1) is 20.7. The lowest BCUT2D eigenvalue weighted by Crippen LogP contribution is -2.42. The number of ketones is 1. The van der Waals surface area contributed by atoms with E-state index in [1.165, 1.54) is 31.4 Å². The monoisotopic (exact) mass is 647 g/mol. The second-order valence-corrected chi connectivity index (χ2v) is 13.6. The number of benzene rings is 3. The quantitative estimate of drug-likeness (QED) is 0.190. The van der Waals surface area contributed by atoms with Crippen LogP contribution in [0.4, 0.5) is 9.18 Å². The molecule has 0 fully saturated rings. The molecular formula is C33H39ClFNO7S. The van der Waals surface area contributed by atoms with Crippen molar-refractivity contribution < 1.29 is 36.1 Å². The van der Waals surface area contributed by atoms with E-state index in [1.807, 2.05) is 19.1 Å². The summed E-state index contributed by atoms with van der Waals surface area (Å²) in [5.41, 5.74) is 1.96. The lowest BCUT2D eigenvalue weighted by Gasteiger charge is -2.26. The van der Waals surface area contributed by atoms with Crippen molar-refractivity contribution in [2.24, 2.45) is 5.92 Å². The van der Waals surface area contributed by atoms with Gasteiger partial charge >= 0.3 is 6.09 Å². The molecule has 44 heavy (non-hydrogen) atoms. The molecule has 1 N–H and O–H groups in total. The molecule has 1 amide bonds. The zero-order chi connectivity index (χ0) is 32.5. The molecule has 2 atom stereocenters. The fourth-order valence-electron chi connectivity index (χ4n) is 4.58. The molecule has 3 aromatic carbocycles. The van der Waals surface area contributed by atoms with E-state index in [0.29, 0.717) is 22.6 Å². The molecule has 0 aliphatic carbocycles. The maximum atomic E-state index is 14.4. The van der Waals surface area contributed by atoms with Gasteiger partial charge in [-0.05, 0) is 88.4 Å². The summed E-state index contributed by atoms with van der Waals surface area (Å²) in [6.07, 6.45) is -0.0971. The predicted molar refractivity (Wildman–Crippen MR) is 168 cm³/mol. The zero-order valence-electron chi connectivity index (χ0n) is 25.6. The van der Waals surface area contributed by atoms with E-state index in [0.717, 1.165) is 11.1 Å². The van der Waals surface area contributed by atoms with Gasteiger partial charge in [0.15, 0.2) is 5.78 Å². The van der Waals surface area contributed by atoms with Crippen molar-refractivity contribution >= 4 is 33.6 Å². The summed E-state index contributed by atoms with van der Waals surface area (Å²) in [5.74, 6) is -1.35. The molecule has 0 heterocycles. The minimum absolute atomic E-state index is 0.0217. The Hall–Kier alpha value is -3.31. The summed E-state index contributed by atoms with van der Waals surface area (Å²) in [7, 11) is -2.63. The van der Waals surface area contributed by atoms with Crippen molar-refractivity contribution in [3.63, 3.8) is 0 Å². The van der Waals surface area contributed by atoms with E-state index in [9.17, 15) is 22.4 Å². The summed E-state index contributed by atoms with van der Waals surface area (Å²) in [6.45, 7) is 6.65. The normalized spacial score (nSPS) is 13.2. The number of aryl methyl sites for hydroxylation is 1. The highest BCUT2D eigenvalue weighted by atomic mass is 35.5. The number of alkyl carbamates (subject to hydrolysis) is 1. The number of Topliss-reactive ketones (excluding diaryl/α,β-unsaturated/α-hetero) is 1. The molecular weight excluding hydrogens is 609 g/mol. The van der Waals surface area contributed by atoms with Crippen LogP contribution in [0.3, 0.4) is 0 Å². The van der Waals surface area contributed by atoms with Crippen LogP contribution in [-0.2, 0) is 35.0 Å². The largest absolute Gasteiger partial charge is 0.444 e. The van der Waals surface area contributed by atoms with E-state index in [1.54, 1.807) is 51.1 Å². The maximum absolute atomic E-state index is 14.4. The van der Waals surface area contributed by atoms with E-state index in [2.05, 4.69) is 5.32 Å². The second-order valence-electron chi connectivity index (χ2n) is 11.6. The third-order valence-corrected chi connectivity index (χ3v) is 8.28. The van der Waals surface area contributed by atoms with Gasteiger partial charge in [0.05, 0.1) is 11.5 Å². The van der Waals surface area contributed by atoms with Crippen LogP contribution in [-0.4, -0.2) is 52.3 Å². The Morgan fingerprint density at radius 3 is 2.27 bits per heavy atom. The maximum Gasteiger partial charge on any atom is 0.407 e. The van der Waals surface area contributed by atoms with Crippen LogP contribution in [0, 0.1) is 18.7 Å². The Kier molecular flexibility index (Phi) is 12.5. The first kappa shape index (κ1) is 35.2. The number of halogens is 2. The van der Waals surface area contributed by atoms with Crippen LogP contribution in [0.1, 0.15) is 44.7 Å². The number of hydrogen-bond acceptors (Lipinski definition) is 7. The lowest BCUT2D eigenvalue weighted by molar-refractivity contribution is -0.127. The number of ether oxygens (including phenoxy) is 2. The average molecular weight is 648 g/mol. The standard InChI is InChI=1S/C33H39ClFNO7S/c1-22-6-13-28(14-7-22)44(39,40)42-17-16-25(31(37)21-41-5)19-27(36-32(38)43-33(2,3)4)18-23-8-10-24(11-9-23)29-20-26(34)12-15-30(29)35/h6-15,20,25,27H,16-19,21H2,1-5H3,(H,36,38)/t25-,27-/m1/s1. The summed E-state index contributed by atoms with van der Waals surface area (Å²) in [4.78, 5) is 25.8. The van der Waals surface area contributed by atoms with Gasteiger partial charge in [-0.15, -0.1) is 0 Å². The van der Waals surface area contributed by atoms with Crippen LogP contribution in [0.15, 0.2) is 71.6 Å². The Bertz CT molecular complexity index is 1520. The van der Waals surface area contributed by atoms with Crippen molar-refractivity contribution in [3.05, 3.63) is 88.7 Å². The summed E-state index contributed by atoms with van der Waals surface area (Å²) in [5, 5.41) is 3.27. The van der Waals surface area contributed by atoms with Gasteiger partial charge in [0, 0.05) is 29.7 Å². The first-order valence-corrected chi connectivity index (χ1v) is 16.0. The molecule has 0 bridgehead atoms. The van der Waals surface area contributed by atoms with E-state index in [4.69, 9.17) is 25.3 Å². The van der Waals surface area contributed by atoms with E-state index in [-0.39, 0.29) is 36.7 Å². The molecule has 0 spiro atoms. The third kappa shape index (κ3) is 11.0. The Morgan fingerprint density at radius 1 is 1.00 bits per heavy atom. The Morgan fingerprint density at radius 2 is 1.66 bits per heavy atom. The minimum atomic E-state index is -4.03. The molecule has 0 aliphatic heterocycles. The number of nitrogens with one attached hydrogen (secondary N) is 1. The fourth-order valence-corrected chi connectivity index (χ4v) is 5.67. The van der Waals surface area contributed by atoms with Crippen LogP contribution in [0.25, 0.3) is 11.1 Å². The van der Waals surface area contributed by atoms with Crippen LogP contribution >= 0.6 is 11.6 Å². The van der Waals surface area contributed by atoms with Crippen LogP contribution in [0.5, 0.6) is 0 Å². The van der Waals surface area contributed by atoms with Crippen molar-refractivity contribution in [3.8, 4) is 11.1 Å². The van der Waals surface area contributed by atoms with E-state index < -0.39 is 39.6 Å². The molecule has 0 aliphatic rings. The fraction of sp³-hybridized carbons (Fsp3) is 0.394. The second kappa shape index (κ2) is 15.6. The van der Waals surface area contributed by atoms with Crippen molar-refractivity contribution in [1.82, 2.24) is 5.32 Å². The molecule has 0 radical (unpaired) electrons. The molecule has 238 valence electrons. The number of carbonyl (C=O) groups is 2. The van der Waals surface area contributed by atoms with Crippen molar-refractivity contribution in [2.45, 2.75) is 63.5 Å². The SMILES string of the molecule is COCC(=O)[C@H](CCOS(=O)(=O)c1ccc(C)cc1)C[C@@H](Cc1ccc(-c2cc(Cl)ccc2F)cc1)NC(=O)OC(C)(C)C. The number of hydrogen-bond donors (Lipinski definition) is 1. The van der Waals surface area contributed by atoms with Crippen molar-refractivity contribution in [1.29, 1.82) is 0 Å². The van der Waals surface area contributed by atoms with Gasteiger partial charge in [-0.25, -0.2) is 9.18 Å². The molecule has 0 saturated carbocycles. The number of amides is 1. The zero-order valence-corrected chi connectivity index (χ0v) is 27.1. The molecule has 3 aromatic rings. The average Bonchev–Trinajstić information content (AvgIpc) is 2.93. The number of methoxy groups -OCH3 is 1. The van der Waals surface area contributed by atoms with Gasteiger partial charge in [-0.1, -0.05) is 53.6 Å². The van der Waals surface area contributed by atoms with Gasteiger partial charge in [-0.3, -0.25) is 8.98 Å². The Labute approximate surface area is 264 Å². The van der Waals surface area contributed by atoms with Crippen LogP contribution in [0.2, 0.25) is 5.02 Å². The van der Waals surface area contributed by atoms with E-state index >= 15 is 0 Å². The third-order valence-electron chi connectivity index (χ3n) is 6.72. The summed E-state index contributed by atoms with van der Waals surface area (Å²) in [6, 6.07) is 17.2. The van der Waals surface area contributed by atoms with Gasteiger partial charge in [-0.2, -0.15) is 8.42 Å². The van der Waals surface area contributed by atoms with Crippen molar-refractivity contribution in [2.75, 3.05) is 20.3 Å². The predicted octanol–water partition coefficient (Wildman–Crippen LogP) is 6.91. The highest BCUT2D eigenvalue weighted by Gasteiger charge is 2.27. The Balaban J connectivity index is 1.79. The molecule has 0 unspecified atom stereocenters. The molecule has 3 rings (SSSR count). The summed E-state index contributed by atoms with van der Waals surface area (Å²) >= 11 is 6.06. The van der Waals surface area contributed by atoms with Gasteiger partial charge in [0.1, 0.15) is 18.0 Å². The smallest absolute Gasteiger partial charge is 0.407 e. The topological polar surface area (TPSA) is 108 Å². The van der Waals surface area contributed by atoms with Gasteiger partial charge in [0.25, 0.3) is 10.1 Å². The molecule has 11 heteroatoms. The number of rotatable bonds is 14. The molecule has 8 nitrogen and oxygen atoms in total. The van der Waals surface area contributed by atoms with Gasteiger partial charge in [0.2, 0.25) is 0 Å². The van der Waals surface area contributed by atoms with Gasteiger partial charge < -0.3 is 14.8 Å². The van der Waals surface area contributed by atoms with Crippen LogP contribution < -0.4 is 5.32 Å². The highest BCUT2D eigenvalue weighted by Crippen LogP contribution is 2.27.